The molecule has 0 radical (unpaired) electrons. The Morgan fingerprint density at radius 2 is 1.80 bits per heavy atom. The number of fused-ring (bicyclic) bond motifs is 1. The van der Waals surface area contributed by atoms with Crippen molar-refractivity contribution < 1.29 is 0 Å². The van der Waals surface area contributed by atoms with Crippen LogP contribution in [0.15, 0.2) is 48.5 Å². The average molecular weight is 265 g/mol. The Hall–Kier alpha value is -1.60. The van der Waals surface area contributed by atoms with E-state index < -0.39 is 0 Å². The molecule has 0 aromatic heterocycles. The van der Waals surface area contributed by atoms with Crippen LogP contribution in [-0.2, 0) is 19.4 Å². The van der Waals surface area contributed by atoms with Gasteiger partial charge in [0, 0.05) is 13.1 Å². The second-order valence-electron chi connectivity index (χ2n) is 5.90. The van der Waals surface area contributed by atoms with Crippen molar-refractivity contribution in [3.63, 3.8) is 0 Å². The minimum Gasteiger partial charge on any atom is -0.312 e. The molecule has 1 aliphatic carbocycles. The Kier molecular flexibility index (Phi) is 4.17. The van der Waals surface area contributed by atoms with Gasteiger partial charge < -0.3 is 5.32 Å². The number of nitrogens with one attached hydrogen (secondary N) is 1. The molecule has 104 valence electrons. The largest absolute Gasteiger partial charge is 0.312 e. The van der Waals surface area contributed by atoms with E-state index in [0.29, 0.717) is 5.92 Å². The van der Waals surface area contributed by atoms with Gasteiger partial charge in [-0.05, 0) is 47.4 Å². The van der Waals surface area contributed by atoms with Crippen molar-refractivity contribution in [1.82, 2.24) is 5.32 Å². The third-order valence-electron chi connectivity index (χ3n) is 4.31. The predicted molar refractivity (Wildman–Crippen MR) is 85.0 cm³/mol. The van der Waals surface area contributed by atoms with Crippen LogP contribution in [0.25, 0.3) is 0 Å². The van der Waals surface area contributed by atoms with E-state index in [1.165, 1.54) is 30.4 Å². The second kappa shape index (κ2) is 6.23. The lowest BCUT2D eigenvalue weighted by Gasteiger charge is -2.13. The third-order valence-corrected chi connectivity index (χ3v) is 4.31. The summed E-state index contributed by atoms with van der Waals surface area (Å²) in [5.41, 5.74) is 5.96. The Morgan fingerprint density at radius 3 is 2.65 bits per heavy atom. The minimum atomic E-state index is 0.561. The molecule has 0 saturated carbocycles. The van der Waals surface area contributed by atoms with Crippen LogP contribution in [0.4, 0.5) is 0 Å². The van der Waals surface area contributed by atoms with Crippen LogP contribution < -0.4 is 5.32 Å². The lowest BCUT2D eigenvalue weighted by molar-refractivity contribution is 0.615. The highest BCUT2D eigenvalue weighted by molar-refractivity contribution is 5.35. The standard InChI is InChI=1S/C19H23N/c1-15(17-6-3-2-4-7-17)13-20-14-16-10-11-18-8-5-9-19(18)12-16/h2-4,6-7,10-12,15,20H,5,8-9,13-14H2,1H3. The van der Waals surface area contributed by atoms with Gasteiger partial charge in [0.05, 0.1) is 0 Å². The first-order chi connectivity index (χ1) is 9.83. The monoisotopic (exact) mass is 265 g/mol. The summed E-state index contributed by atoms with van der Waals surface area (Å²) in [6.45, 7) is 4.29. The molecule has 0 heterocycles. The van der Waals surface area contributed by atoms with Crippen molar-refractivity contribution in [1.29, 1.82) is 0 Å². The van der Waals surface area contributed by atoms with Crippen molar-refractivity contribution in [2.24, 2.45) is 0 Å². The summed E-state index contributed by atoms with van der Waals surface area (Å²) in [5.74, 6) is 0.561. The average Bonchev–Trinajstić information content (AvgIpc) is 2.95. The lowest BCUT2D eigenvalue weighted by Crippen LogP contribution is -2.19. The smallest absolute Gasteiger partial charge is 0.0205 e. The number of aryl methyl sites for hydroxylation is 2. The highest BCUT2D eigenvalue weighted by atomic mass is 14.9. The van der Waals surface area contributed by atoms with E-state index in [-0.39, 0.29) is 0 Å². The highest BCUT2D eigenvalue weighted by Gasteiger charge is 2.10. The summed E-state index contributed by atoms with van der Waals surface area (Å²) >= 11 is 0. The molecule has 1 N–H and O–H groups in total. The number of rotatable bonds is 5. The molecule has 0 saturated heterocycles. The maximum Gasteiger partial charge on any atom is 0.0205 e. The lowest BCUT2D eigenvalue weighted by atomic mass is 10.0. The number of hydrogen-bond acceptors (Lipinski definition) is 1. The molecule has 1 nitrogen and oxygen atoms in total. The van der Waals surface area contributed by atoms with Gasteiger partial charge in [-0.1, -0.05) is 55.5 Å². The summed E-state index contributed by atoms with van der Waals surface area (Å²) in [7, 11) is 0. The molecule has 0 bridgehead atoms. The van der Waals surface area contributed by atoms with Crippen LogP contribution in [0.3, 0.4) is 0 Å². The first-order valence-corrected chi connectivity index (χ1v) is 7.69. The van der Waals surface area contributed by atoms with E-state index in [4.69, 9.17) is 0 Å². The van der Waals surface area contributed by atoms with Crippen LogP contribution in [0, 0.1) is 0 Å². The van der Waals surface area contributed by atoms with Gasteiger partial charge in [0.25, 0.3) is 0 Å². The van der Waals surface area contributed by atoms with Crippen LogP contribution in [0.1, 0.15) is 41.5 Å². The second-order valence-corrected chi connectivity index (χ2v) is 5.90. The van der Waals surface area contributed by atoms with E-state index in [0.717, 1.165) is 13.1 Å². The van der Waals surface area contributed by atoms with Gasteiger partial charge >= 0.3 is 0 Å². The molecule has 1 atom stereocenters. The fraction of sp³-hybridized carbons (Fsp3) is 0.368. The fourth-order valence-corrected chi connectivity index (χ4v) is 3.07. The minimum absolute atomic E-state index is 0.561. The normalized spacial score (nSPS) is 15.1. The third kappa shape index (κ3) is 3.10. The molecule has 2 aromatic rings. The fourth-order valence-electron chi connectivity index (χ4n) is 3.07. The summed E-state index contributed by atoms with van der Waals surface area (Å²) in [6, 6.07) is 17.7. The molecular weight excluding hydrogens is 242 g/mol. The van der Waals surface area contributed by atoms with E-state index in [9.17, 15) is 0 Å². The van der Waals surface area contributed by atoms with Crippen LogP contribution in [0.5, 0.6) is 0 Å². The molecule has 0 fully saturated rings. The molecule has 20 heavy (non-hydrogen) atoms. The molecular formula is C19H23N. The van der Waals surface area contributed by atoms with Crippen LogP contribution >= 0.6 is 0 Å². The van der Waals surface area contributed by atoms with Gasteiger partial charge in [-0.3, -0.25) is 0 Å². The van der Waals surface area contributed by atoms with Crippen molar-refractivity contribution in [3.8, 4) is 0 Å². The summed E-state index contributed by atoms with van der Waals surface area (Å²) in [4.78, 5) is 0. The Balaban J connectivity index is 1.53. The SMILES string of the molecule is CC(CNCc1ccc2c(c1)CCC2)c1ccccc1. The van der Waals surface area contributed by atoms with E-state index in [1.54, 1.807) is 11.1 Å². The molecule has 0 spiro atoms. The molecule has 1 heteroatoms. The summed E-state index contributed by atoms with van der Waals surface area (Å²) in [5, 5.41) is 3.59. The molecule has 0 aliphatic heterocycles. The zero-order chi connectivity index (χ0) is 13.8. The Morgan fingerprint density at radius 1 is 1.00 bits per heavy atom. The van der Waals surface area contributed by atoms with E-state index >= 15 is 0 Å². The Labute approximate surface area is 122 Å². The highest BCUT2D eigenvalue weighted by Crippen LogP contribution is 2.22. The summed E-state index contributed by atoms with van der Waals surface area (Å²) in [6.07, 6.45) is 3.87. The number of benzene rings is 2. The molecule has 3 rings (SSSR count). The van der Waals surface area contributed by atoms with Gasteiger partial charge in [0.15, 0.2) is 0 Å². The molecule has 2 aromatic carbocycles. The quantitative estimate of drug-likeness (QED) is 0.859. The van der Waals surface area contributed by atoms with Gasteiger partial charge in [-0.25, -0.2) is 0 Å². The number of hydrogen-bond donors (Lipinski definition) is 1. The topological polar surface area (TPSA) is 12.0 Å². The van der Waals surface area contributed by atoms with Crippen LogP contribution in [0.2, 0.25) is 0 Å². The zero-order valence-corrected chi connectivity index (χ0v) is 12.2. The van der Waals surface area contributed by atoms with Crippen molar-refractivity contribution in [2.45, 2.75) is 38.6 Å². The van der Waals surface area contributed by atoms with Gasteiger partial charge in [0.1, 0.15) is 0 Å². The van der Waals surface area contributed by atoms with Gasteiger partial charge in [-0.15, -0.1) is 0 Å². The Bertz CT molecular complexity index is 559. The summed E-state index contributed by atoms with van der Waals surface area (Å²) < 4.78 is 0. The van der Waals surface area contributed by atoms with E-state index in [1.807, 2.05) is 0 Å². The van der Waals surface area contributed by atoms with Crippen LogP contribution in [-0.4, -0.2) is 6.54 Å². The maximum absolute atomic E-state index is 3.59. The van der Waals surface area contributed by atoms with Gasteiger partial charge in [-0.2, -0.15) is 0 Å². The van der Waals surface area contributed by atoms with Crippen molar-refractivity contribution in [3.05, 3.63) is 70.8 Å². The van der Waals surface area contributed by atoms with Crippen molar-refractivity contribution in [2.75, 3.05) is 6.54 Å². The first kappa shape index (κ1) is 13.4. The maximum atomic E-state index is 3.59. The molecule has 1 aliphatic rings. The zero-order valence-electron chi connectivity index (χ0n) is 12.2. The van der Waals surface area contributed by atoms with Crippen molar-refractivity contribution >= 4 is 0 Å². The molecule has 0 amide bonds. The molecule has 1 unspecified atom stereocenters. The predicted octanol–water partition coefficient (Wildman–Crippen LogP) is 4.07. The van der Waals surface area contributed by atoms with E-state index in [2.05, 4.69) is 60.8 Å². The first-order valence-electron chi connectivity index (χ1n) is 7.69. The van der Waals surface area contributed by atoms with Gasteiger partial charge in [0.2, 0.25) is 0 Å².